The highest BCUT2D eigenvalue weighted by molar-refractivity contribution is 5.87. The summed E-state index contributed by atoms with van der Waals surface area (Å²) in [5, 5.41) is 12.4. The molecule has 5 heteroatoms. The standard InChI is InChI=1S/C16H22N2O3/c19-16(20)12-1-5-15(6-2-12)21-10-8-17-13-7-9-18(11-13)14-3-4-14/h1-2,5-6,13-14,17H,3-4,7-11H2,(H,19,20). The van der Waals surface area contributed by atoms with Crippen LogP contribution in [0.4, 0.5) is 0 Å². The van der Waals surface area contributed by atoms with Crippen molar-refractivity contribution in [2.45, 2.75) is 31.3 Å². The fourth-order valence-corrected chi connectivity index (χ4v) is 2.85. The van der Waals surface area contributed by atoms with Crippen molar-refractivity contribution < 1.29 is 14.6 Å². The molecule has 1 saturated heterocycles. The summed E-state index contributed by atoms with van der Waals surface area (Å²) in [6, 6.07) is 7.98. The smallest absolute Gasteiger partial charge is 0.335 e. The fraction of sp³-hybridized carbons (Fsp3) is 0.562. The van der Waals surface area contributed by atoms with E-state index in [1.165, 1.54) is 25.8 Å². The predicted molar refractivity (Wildman–Crippen MR) is 79.9 cm³/mol. The van der Waals surface area contributed by atoms with Gasteiger partial charge in [0.1, 0.15) is 12.4 Å². The van der Waals surface area contributed by atoms with Crippen molar-refractivity contribution in [3.63, 3.8) is 0 Å². The Bertz CT molecular complexity index is 485. The minimum Gasteiger partial charge on any atom is -0.492 e. The molecule has 1 aliphatic carbocycles. The Balaban J connectivity index is 1.33. The molecule has 1 unspecified atom stereocenters. The number of aromatic carboxylic acids is 1. The molecular formula is C16H22N2O3. The van der Waals surface area contributed by atoms with E-state index in [1.54, 1.807) is 24.3 Å². The fourth-order valence-electron chi connectivity index (χ4n) is 2.85. The molecule has 2 N–H and O–H groups in total. The van der Waals surface area contributed by atoms with Crippen molar-refractivity contribution >= 4 is 5.97 Å². The van der Waals surface area contributed by atoms with Crippen molar-refractivity contribution in [2.24, 2.45) is 0 Å². The molecular weight excluding hydrogens is 268 g/mol. The summed E-state index contributed by atoms with van der Waals surface area (Å²) in [7, 11) is 0. The van der Waals surface area contributed by atoms with Gasteiger partial charge in [-0.1, -0.05) is 0 Å². The molecule has 1 saturated carbocycles. The van der Waals surface area contributed by atoms with Gasteiger partial charge in [-0.15, -0.1) is 0 Å². The third-order valence-corrected chi connectivity index (χ3v) is 4.19. The third-order valence-electron chi connectivity index (χ3n) is 4.19. The molecule has 1 aromatic carbocycles. The molecule has 5 nitrogen and oxygen atoms in total. The summed E-state index contributed by atoms with van der Waals surface area (Å²) in [5.41, 5.74) is 0.284. The summed E-state index contributed by atoms with van der Waals surface area (Å²) in [6.45, 7) is 3.81. The van der Waals surface area contributed by atoms with Gasteiger partial charge in [-0.05, 0) is 43.5 Å². The molecule has 21 heavy (non-hydrogen) atoms. The van der Waals surface area contributed by atoms with Gasteiger partial charge in [0.25, 0.3) is 0 Å². The maximum Gasteiger partial charge on any atom is 0.335 e. The van der Waals surface area contributed by atoms with Crippen LogP contribution < -0.4 is 10.1 Å². The van der Waals surface area contributed by atoms with Crippen LogP contribution in [0.25, 0.3) is 0 Å². The molecule has 0 amide bonds. The van der Waals surface area contributed by atoms with E-state index in [0.29, 0.717) is 18.4 Å². The Hall–Kier alpha value is -1.59. The van der Waals surface area contributed by atoms with Crippen LogP contribution in [0.15, 0.2) is 24.3 Å². The minimum absolute atomic E-state index is 0.284. The maximum atomic E-state index is 10.7. The normalized spacial score (nSPS) is 22.4. The largest absolute Gasteiger partial charge is 0.492 e. The van der Waals surface area contributed by atoms with Gasteiger partial charge >= 0.3 is 5.97 Å². The second kappa shape index (κ2) is 6.45. The molecule has 0 radical (unpaired) electrons. The molecule has 1 heterocycles. The molecule has 1 atom stereocenters. The van der Waals surface area contributed by atoms with Gasteiger partial charge in [-0.25, -0.2) is 4.79 Å². The Morgan fingerprint density at radius 2 is 2.05 bits per heavy atom. The molecule has 1 aromatic rings. The Kier molecular flexibility index (Phi) is 4.41. The number of carboxylic acid groups (broad SMARTS) is 1. The molecule has 0 bridgehead atoms. The number of likely N-dealkylation sites (tertiary alicyclic amines) is 1. The molecule has 0 aromatic heterocycles. The molecule has 2 aliphatic rings. The van der Waals surface area contributed by atoms with Crippen molar-refractivity contribution in [3.8, 4) is 5.75 Å². The van der Waals surface area contributed by atoms with Crippen LogP contribution in [0.1, 0.15) is 29.6 Å². The van der Waals surface area contributed by atoms with Gasteiger partial charge in [0, 0.05) is 31.7 Å². The second-order valence-corrected chi connectivity index (χ2v) is 5.84. The number of ether oxygens (including phenoxy) is 1. The number of carboxylic acids is 1. The number of hydrogen-bond donors (Lipinski definition) is 2. The lowest BCUT2D eigenvalue weighted by molar-refractivity contribution is 0.0697. The first-order valence-corrected chi connectivity index (χ1v) is 7.66. The average molecular weight is 290 g/mol. The van der Waals surface area contributed by atoms with Gasteiger partial charge in [0.2, 0.25) is 0 Å². The highest BCUT2D eigenvalue weighted by atomic mass is 16.5. The number of hydrogen-bond acceptors (Lipinski definition) is 4. The second-order valence-electron chi connectivity index (χ2n) is 5.84. The van der Waals surface area contributed by atoms with Crippen LogP contribution in [0.3, 0.4) is 0 Å². The number of nitrogens with zero attached hydrogens (tertiary/aromatic N) is 1. The number of carbonyl (C=O) groups is 1. The van der Waals surface area contributed by atoms with Gasteiger partial charge in [0.05, 0.1) is 5.56 Å². The van der Waals surface area contributed by atoms with Crippen LogP contribution >= 0.6 is 0 Å². The molecule has 3 rings (SSSR count). The number of nitrogens with one attached hydrogen (secondary N) is 1. The summed E-state index contributed by atoms with van der Waals surface area (Å²) in [5.74, 6) is -0.197. The Morgan fingerprint density at radius 1 is 1.29 bits per heavy atom. The zero-order valence-electron chi connectivity index (χ0n) is 12.1. The molecule has 2 fully saturated rings. The van der Waals surface area contributed by atoms with E-state index in [-0.39, 0.29) is 5.56 Å². The van der Waals surface area contributed by atoms with Crippen LogP contribution in [0, 0.1) is 0 Å². The highest BCUT2D eigenvalue weighted by Gasteiger charge is 2.33. The first kappa shape index (κ1) is 14.4. The van der Waals surface area contributed by atoms with E-state index < -0.39 is 5.97 Å². The summed E-state index contributed by atoms with van der Waals surface area (Å²) in [6.07, 6.45) is 3.98. The van der Waals surface area contributed by atoms with Gasteiger partial charge < -0.3 is 15.2 Å². The summed E-state index contributed by atoms with van der Waals surface area (Å²) >= 11 is 0. The first-order chi connectivity index (χ1) is 10.2. The van der Waals surface area contributed by atoms with E-state index in [1.807, 2.05) is 0 Å². The van der Waals surface area contributed by atoms with Crippen molar-refractivity contribution in [2.75, 3.05) is 26.2 Å². The predicted octanol–water partition coefficient (Wildman–Crippen LogP) is 1.59. The topological polar surface area (TPSA) is 61.8 Å². The Morgan fingerprint density at radius 3 is 2.71 bits per heavy atom. The zero-order valence-corrected chi connectivity index (χ0v) is 12.1. The molecule has 114 valence electrons. The van der Waals surface area contributed by atoms with Gasteiger partial charge in [-0.2, -0.15) is 0 Å². The number of rotatable bonds is 7. The Labute approximate surface area is 124 Å². The first-order valence-electron chi connectivity index (χ1n) is 7.66. The summed E-state index contributed by atoms with van der Waals surface area (Å²) < 4.78 is 5.62. The quantitative estimate of drug-likeness (QED) is 0.747. The van der Waals surface area contributed by atoms with E-state index >= 15 is 0 Å². The highest BCUT2D eigenvalue weighted by Crippen LogP contribution is 2.29. The number of benzene rings is 1. The lowest BCUT2D eigenvalue weighted by Gasteiger charge is -2.16. The summed E-state index contributed by atoms with van der Waals surface area (Å²) in [4.78, 5) is 13.3. The SMILES string of the molecule is O=C(O)c1ccc(OCCNC2CCN(C3CC3)C2)cc1. The van der Waals surface area contributed by atoms with Gasteiger partial charge in [-0.3, -0.25) is 4.90 Å². The van der Waals surface area contributed by atoms with Crippen molar-refractivity contribution in [1.29, 1.82) is 0 Å². The molecule has 0 spiro atoms. The monoisotopic (exact) mass is 290 g/mol. The lowest BCUT2D eigenvalue weighted by atomic mass is 10.2. The molecule has 1 aliphatic heterocycles. The van der Waals surface area contributed by atoms with Crippen LogP contribution in [0.5, 0.6) is 5.75 Å². The average Bonchev–Trinajstić information content (AvgIpc) is 3.24. The van der Waals surface area contributed by atoms with E-state index in [0.717, 1.165) is 19.1 Å². The third kappa shape index (κ3) is 3.95. The lowest BCUT2D eigenvalue weighted by Crippen LogP contribution is -2.35. The van der Waals surface area contributed by atoms with Gasteiger partial charge in [0.15, 0.2) is 0 Å². The van der Waals surface area contributed by atoms with Crippen LogP contribution in [0.2, 0.25) is 0 Å². The van der Waals surface area contributed by atoms with E-state index in [4.69, 9.17) is 9.84 Å². The van der Waals surface area contributed by atoms with Crippen LogP contribution in [-0.2, 0) is 0 Å². The van der Waals surface area contributed by atoms with Crippen molar-refractivity contribution in [1.82, 2.24) is 10.2 Å². The van der Waals surface area contributed by atoms with Crippen LogP contribution in [-0.4, -0.2) is 54.3 Å². The van der Waals surface area contributed by atoms with E-state index in [9.17, 15) is 4.79 Å². The van der Waals surface area contributed by atoms with Crippen molar-refractivity contribution in [3.05, 3.63) is 29.8 Å². The minimum atomic E-state index is -0.912. The maximum absolute atomic E-state index is 10.7. The zero-order chi connectivity index (χ0) is 14.7. The van der Waals surface area contributed by atoms with E-state index in [2.05, 4.69) is 10.2 Å².